The molecule has 2 unspecified atom stereocenters. The molecule has 0 fully saturated rings. The smallest absolute Gasteiger partial charge is 0.374 e. The first-order valence-electron chi connectivity index (χ1n) is 8.54. The number of carbonyl (C=O) groups is 2. The summed E-state index contributed by atoms with van der Waals surface area (Å²) in [6, 6.07) is -1.00. The summed E-state index contributed by atoms with van der Waals surface area (Å²) in [6.45, 7) is 4.29. The van der Waals surface area contributed by atoms with E-state index in [4.69, 9.17) is 16.2 Å². The Labute approximate surface area is 168 Å². The maximum absolute atomic E-state index is 12.2. The molecule has 0 amide bonds. The van der Waals surface area contributed by atoms with Crippen LogP contribution >= 0.6 is 15.2 Å². The molecular weight excluding hydrogens is 434 g/mol. The van der Waals surface area contributed by atoms with Gasteiger partial charge < -0.3 is 40.7 Å². The summed E-state index contributed by atoms with van der Waals surface area (Å²) >= 11 is 0. The van der Waals surface area contributed by atoms with E-state index in [0.29, 0.717) is 0 Å². The van der Waals surface area contributed by atoms with Gasteiger partial charge in [0.15, 0.2) is 0 Å². The fourth-order valence-electron chi connectivity index (χ4n) is 1.85. The quantitative estimate of drug-likeness (QED) is 0.122. The van der Waals surface area contributed by atoms with Gasteiger partial charge in [0, 0.05) is 6.42 Å². The highest BCUT2D eigenvalue weighted by Crippen LogP contribution is 2.71. The molecule has 172 valence electrons. The molecule has 0 aliphatic heterocycles. The van der Waals surface area contributed by atoms with Crippen molar-refractivity contribution in [1.82, 2.24) is 0 Å². The lowest BCUT2D eigenvalue weighted by atomic mass is 10.1. The molecule has 0 spiro atoms. The first-order chi connectivity index (χ1) is 12.9. The standard InChI is InChI=1S/C14H30N2O11P2/c1-9(2)10(16)11(17)27-13(3,4)12(18)25-8-26-29(23,24)14(19,6-5-7-15)28(20,21)22/h9-10,19H,5-8,15-16H2,1-4H3,(H,23,24)(H2,20,21,22)/t10-,14?/m1/s1. The van der Waals surface area contributed by atoms with E-state index in [2.05, 4.69) is 9.26 Å². The van der Waals surface area contributed by atoms with Crippen molar-refractivity contribution in [3.8, 4) is 0 Å². The largest absolute Gasteiger partial charge is 0.446 e. The van der Waals surface area contributed by atoms with Gasteiger partial charge >= 0.3 is 27.1 Å². The molecule has 0 bridgehead atoms. The van der Waals surface area contributed by atoms with E-state index in [0.717, 1.165) is 0 Å². The van der Waals surface area contributed by atoms with E-state index in [1.807, 2.05) is 0 Å². The van der Waals surface area contributed by atoms with Gasteiger partial charge in [-0.25, -0.2) is 4.79 Å². The molecule has 0 saturated heterocycles. The molecule has 13 nitrogen and oxygen atoms in total. The highest BCUT2D eigenvalue weighted by Gasteiger charge is 2.60. The number of hydrogen-bond donors (Lipinski definition) is 6. The van der Waals surface area contributed by atoms with E-state index >= 15 is 0 Å². The van der Waals surface area contributed by atoms with Crippen LogP contribution in [0.5, 0.6) is 0 Å². The number of rotatable bonds is 12. The topological polar surface area (TPSA) is 229 Å². The van der Waals surface area contributed by atoms with Gasteiger partial charge in [-0.1, -0.05) is 13.8 Å². The summed E-state index contributed by atoms with van der Waals surface area (Å²) in [4.78, 5) is 52.3. The number of aliphatic hydroxyl groups is 1. The predicted octanol–water partition coefficient (Wildman–Crippen LogP) is -0.443. The van der Waals surface area contributed by atoms with Crippen LogP contribution in [0.15, 0.2) is 0 Å². The second-order valence-corrected chi connectivity index (χ2v) is 11.3. The SMILES string of the molecule is CC(C)[C@@H](N)C(=O)OC(C)(C)C(=O)OCOP(=O)(O)C(O)(CCCN)P(=O)(O)O. The monoisotopic (exact) mass is 464 g/mol. The third-order valence-corrected chi connectivity index (χ3v) is 8.17. The lowest BCUT2D eigenvalue weighted by Gasteiger charge is -2.32. The van der Waals surface area contributed by atoms with Crippen LogP contribution in [-0.4, -0.2) is 61.8 Å². The Morgan fingerprint density at radius 2 is 1.66 bits per heavy atom. The van der Waals surface area contributed by atoms with Crippen molar-refractivity contribution in [2.45, 2.75) is 57.3 Å². The molecule has 29 heavy (non-hydrogen) atoms. The van der Waals surface area contributed by atoms with Gasteiger partial charge in [-0.15, -0.1) is 0 Å². The Morgan fingerprint density at radius 3 is 2.07 bits per heavy atom. The lowest BCUT2D eigenvalue weighted by Crippen LogP contribution is -2.45. The average molecular weight is 464 g/mol. The van der Waals surface area contributed by atoms with Crippen molar-refractivity contribution >= 4 is 27.1 Å². The summed E-state index contributed by atoms with van der Waals surface area (Å²) in [5, 5.41) is 6.65. The Bertz CT molecular complexity index is 678. The minimum atomic E-state index is -5.54. The zero-order valence-corrected chi connectivity index (χ0v) is 18.5. The molecule has 0 heterocycles. The van der Waals surface area contributed by atoms with E-state index in [1.54, 1.807) is 13.8 Å². The fraction of sp³-hybridized carbons (Fsp3) is 0.857. The van der Waals surface area contributed by atoms with Gasteiger partial charge in [-0.3, -0.25) is 18.4 Å². The van der Waals surface area contributed by atoms with Gasteiger partial charge in [0.2, 0.25) is 12.4 Å². The molecule has 0 aromatic carbocycles. The van der Waals surface area contributed by atoms with E-state index in [-0.39, 0.29) is 18.9 Å². The summed E-state index contributed by atoms with van der Waals surface area (Å²) < 4.78 is 37.7. The third-order valence-electron chi connectivity index (χ3n) is 3.89. The van der Waals surface area contributed by atoms with Crippen LogP contribution in [0.25, 0.3) is 0 Å². The van der Waals surface area contributed by atoms with Crippen molar-refractivity contribution < 1.29 is 52.5 Å². The molecule has 15 heteroatoms. The minimum absolute atomic E-state index is 0.130. The van der Waals surface area contributed by atoms with Crippen molar-refractivity contribution in [3.05, 3.63) is 0 Å². The summed E-state index contributed by atoms with van der Waals surface area (Å²) in [5.74, 6) is -2.34. The second kappa shape index (κ2) is 10.4. The van der Waals surface area contributed by atoms with Crippen LogP contribution in [0.2, 0.25) is 0 Å². The summed E-state index contributed by atoms with van der Waals surface area (Å²) in [6.07, 6.45) is -1.04. The summed E-state index contributed by atoms with van der Waals surface area (Å²) in [5.41, 5.74) is 8.97. The molecule has 0 aromatic rings. The van der Waals surface area contributed by atoms with Crippen molar-refractivity contribution in [2.24, 2.45) is 17.4 Å². The third kappa shape index (κ3) is 7.39. The van der Waals surface area contributed by atoms with E-state index < -0.39 is 57.1 Å². The van der Waals surface area contributed by atoms with Crippen LogP contribution in [0.4, 0.5) is 0 Å². The van der Waals surface area contributed by atoms with Gasteiger partial charge in [0.05, 0.1) is 0 Å². The maximum Gasteiger partial charge on any atom is 0.374 e. The molecule has 0 saturated carbocycles. The number of carbonyl (C=O) groups excluding carboxylic acids is 2. The van der Waals surface area contributed by atoms with Gasteiger partial charge in [-0.2, -0.15) is 0 Å². The number of ether oxygens (including phenoxy) is 2. The highest BCUT2D eigenvalue weighted by atomic mass is 31.2. The van der Waals surface area contributed by atoms with Crippen LogP contribution in [0, 0.1) is 5.92 Å². The number of esters is 2. The predicted molar refractivity (Wildman–Crippen MR) is 100 cm³/mol. The van der Waals surface area contributed by atoms with Gasteiger partial charge in [-0.05, 0) is 32.7 Å². The molecule has 3 atom stereocenters. The van der Waals surface area contributed by atoms with Crippen molar-refractivity contribution in [2.75, 3.05) is 13.3 Å². The van der Waals surface area contributed by atoms with Crippen LogP contribution in [0.1, 0.15) is 40.5 Å². The second-order valence-electron chi connectivity index (χ2n) is 7.11. The molecule has 0 radical (unpaired) electrons. The minimum Gasteiger partial charge on any atom is -0.446 e. The van der Waals surface area contributed by atoms with Crippen molar-refractivity contribution in [3.63, 3.8) is 0 Å². The van der Waals surface area contributed by atoms with Crippen LogP contribution in [-0.2, 0) is 32.7 Å². The number of hydrogen-bond acceptors (Lipinski definition) is 10. The Morgan fingerprint density at radius 1 is 1.14 bits per heavy atom. The molecule has 0 aromatic heterocycles. The normalized spacial score (nSPS) is 17.9. The summed E-state index contributed by atoms with van der Waals surface area (Å²) in [7, 11) is -10.9. The van der Waals surface area contributed by atoms with Crippen LogP contribution in [0.3, 0.4) is 0 Å². The van der Waals surface area contributed by atoms with E-state index in [9.17, 15) is 38.5 Å². The Hall–Kier alpha value is -0.880. The highest BCUT2D eigenvalue weighted by molar-refractivity contribution is 7.72. The van der Waals surface area contributed by atoms with E-state index in [1.165, 1.54) is 13.8 Å². The molecule has 0 aliphatic carbocycles. The molecule has 0 rings (SSSR count). The lowest BCUT2D eigenvalue weighted by molar-refractivity contribution is -0.184. The maximum atomic E-state index is 12.2. The molecule has 8 N–H and O–H groups in total. The van der Waals surface area contributed by atoms with Crippen molar-refractivity contribution in [1.29, 1.82) is 0 Å². The fourth-order valence-corrected chi connectivity index (χ4v) is 4.64. The zero-order valence-electron chi connectivity index (χ0n) is 16.7. The Balaban J connectivity index is 5.10. The number of nitrogens with two attached hydrogens (primary N) is 2. The van der Waals surface area contributed by atoms with Crippen LogP contribution < -0.4 is 11.5 Å². The van der Waals surface area contributed by atoms with Gasteiger partial charge in [0.25, 0.3) is 5.08 Å². The average Bonchev–Trinajstić information content (AvgIpc) is 2.56. The van der Waals surface area contributed by atoms with Gasteiger partial charge in [0.1, 0.15) is 6.04 Å². The Kier molecular flexibility index (Phi) is 10.1. The first kappa shape index (κ1) is 28.1. The first-order valence-corrected chi connectivity index (χ1v) is 11.7. The molecular formula is C14H30N2O11P2. The zero-order chi connectivity index (χ0) is 23.3. The molecule has 0 aliphatic rings.